The fourth-order valence-electron chi connectivity index (χ4n) is 4.40. The molecular formula is C26H28FNO4. The quantitative estimate of drug-likeness (QED) is 0.458. The van der Waals surface area contributed by atoms with Gasteiger partial charge < -0.3 is 10.0 Å². The monoisotopic (exact) mass is 437 g/mol. The Balaban J connectivity index is 1.97. The summed E-state index contributed by atoms with van der Waals surface area (Å²) in [6, 6.07) is 8.55. The molecular weight excluding hydrogens is 409 g/mol. The maximum absolute atomic E-state index is 14.0. The van der Waals surface area contributed by atoms with Crippen LogP contribution in [0, 0.1) is 11.7 Å². The third kappa shape index (κ3) is 5.49. The summed E-state index contributed by atoms with van der Waals surface area (Å²) >= 11 is 0. The lowest BCUT2D eigenvalue weighted by molar-refractivity contribution is -0.136. The van der Waals surface area contributed by atoms with Gasteiger partial charge in [0.1, 0.15) is 5.82 Å². The van der Waals surface area contributed by atoms with Crippen molar-refractivity contribution in [2.75, 3.05) is 13.6 Å². The van der Waals surface area contributed by atoms with Gasteiger partial charge in [0.25, 0.3) is 5.91 Å². The summed E-state index contributed by atoms with van der Waals surface area (Å²) in [4.78, 5) is 38.5. The third-order valence-electron chi connectivity index (χ3n) is 6.02. The van der Waals surface area contributed by atoms with Crippen molar-refractivity contribution in [2.45, 2.75) is 38.5 Å². The number of aliphatic carboxylic acids is 1. The van der Waals surface area contributed by atoms with E-state index in [0.717, 1.165) is 18.9 Å². The Morgan fingerprint density at radius 3 is 2.44 bits per heavy atom. The number of hydrogen-bond donors (Lipinski definition) is 1. The van der Waals surface area contributed by atoms with Gasteiger partial charge in [0.15, 0.2) is 5.78 Å². The summed E-state index contributed by atoms with van der Waals surface area (Å²) in [5, 5.41) is 9.41. The number of halogens is 1. The summed E-state index contributed by atoms with van der Waals surface area (Å²) in [6.07, 6.45) is 6.56. The predicted molar refractivity (Wildman–Crippen MR) is 121 cm³/mol. The molecule has 0 atom stereocenters. The number of carbonyl (C=O) groups is 3. The lowest BCUT2D eigenvalue weighted by Crippen LogP contribution is -2.33. The first kappa shape index (κ1) is 23.4. The number of allylic oxidation sites excluding steroid dienone is 1. The van der Waals surface area contributed by atoms with Crippen molar-refractivity contribution in [1.82, 2.24) is 4.90 Å². The predicted octanol–water partition coefficient (Wildman–Crippen LogP) is 5.14. The van der Waals surface area contributed by atoms with E-state index < -0.39 is 11.8 Å². The number of ketones is 1. The van der Waals surface area contributed by atoms with Gasteiger partial charge in [-0.1, -0.05) is 31.9 Å². The molecule has 5 nitrogen and oxygen atoms in total. The van der Waals surface area contributed by atoms with Crippen molar-refractivity contribution in [3.05, 3.63) is 71.6 Å². The minimum absolute atomic E-state index is 0.236. The summed E-state index contributed by atoms with van der Waals surface area (Å²) < 4.78 is 14.0. The largest absolute Gasteiger partial charge is 0.481 e. The molecule has 0 aromatic heterocycles. The minimum atomic E-state index is -1.08. The molecule has 1 amide bonds. The van der Waals surface area contributed by atoms with Crippen LogP contribution < -0.4 is 0 Å². The lowest BCUT2D eigenvalue weighted by atomic mass is 9.88. The molecule has 2 aromatic rings. The number of carbonyl (C=O) groups excluding carboxylic acids is 2. The SMILES string of the molecule is C=CC(=O)c1ccc(F)cc1-c1ccc(C(=O)N(C)CC2CCCCC2)c(CC(=O)O)c1. The summed E-state index contributed by atoms with van der Waals surface area (Å²) in [5.74, 6) is -1.74. The summed E-state index contributed by atoms with van der Waals surface area (Å²) in [6.45, 7) is 4.12. The molecule has 0 aliphatic heterocycles. The number of carboxylic acid groups (broad SMARTS) is 1. The first-order valence-corrected chi connectivity index (χ1v) is 10.9. The zero-order valence-electron chi connectivity index (χ0n) is 18.3. The van der Waals surface area contributed by atoms with Gasteiger partial charge in [-0.05, 0) is 71.9 Å². The van der Waals surface area contributed by atoms with Gasteiger partial charge in [0.2, 0.25) is 0 Å². The topological polar surface area (TPSA) is 74.7 Å². The maximum Gasteiger partial charge on any atom is 0.307 e. The van der Waals surface area contributed by atoms with E-state index >= 15 is 0 Å². The first-order chi connectivity index (χ1) is 15.3. The van der Waals surface area contributed by atoms with Crippen molar-refractivity contribution in [3.8, 4) is 11.1 Å². The zero-order chi connectivity index (χ0) is 23.3. The highest BCUT2D eigenvalue weighted by Crippen LogP contribution is 2.29. The molecule has 0 bridgehead atoms. The Kier molecular flexibility index (Phi) is 7.57. The number of hydrogen-bond acceptors (Lipinski definition) is 3. The number of nitrogens with zero attached hydrogens (tertiary/aromatic N) is 1. The average molecular weight is 438 g/mol. The zero-order valence-corrected chi connectivity index (χ0v) is 18.3. The van der Waals surface area contributed by atoms with E-state index in [-0.39, 0.29) is 23.7 Å². The third-order valence-corrected chi connectivity index (χ3v) is 6.02. The molecule has 0 radical (unpaired) electrons. The van der Waals surface area contributed by atoms with Gasteiger partial charge in [-0.2, -0.15) is 0 Å². The number of rotatable bonds is 8. The van der Waals surface area contributed by atoms with Crippen LogP contribution in [0.3, 0.4) is 0 Å². The van der Waals surface area contributed by atoms with Gasteiger partial charge in [-0.3, -0.25) is 14.4 Å². The van der Waals surface area contributed by atoms with Crippen LogP contribution in [0.5, 0.6) is 0 Å². The smallest absolute Gasteiger partial charge is 0.307 e. The van der Waals surface area contributed by atoms with E-state index in [1.807, 2.05) is 0 Å². The van der Waals surface area contributed by atoms with Crippen molar-refractivity contribution in [1.29, 1.82) is 0 Å². The second-order valence-corrected chi connectivity index (χ2v) is 8.39. The van der Waals surface area contributed by atoms with E-state index in [4.69, 9.17) is 0 Å². The lowest BCUT2D eigenvalue weighted by Gasteiger charge is -2.27. The Bertz CT molecular complexity index is 1040. The van der Waals surface area contributed by atoms with Gasteiger partial charge in [-0.25, -0.2) is 4.39 Å². The van der Waals surface area contributed by atoms with Crippen LogP contribution in [0.1, 0.15) is 58.4 Å². The van der Waals surface area contributed by atoms with Gasteiger partial charge >= 0.3 is 5.97 Å². The highest BCUT2D eigenvalue weighted by molar-refractivity contribution is 6.09. The standard InChI is InChI=1S/C26H28FNO4/c1-3-24(29)22-12-10-20(27)15-23(22)18-9-11-21(19(13-18)14-25(30)31)26(32)28(2)16-17-7-5-4-6-8-17/h3,9-13,15,17H,1,4-8,14,16H2,2H3,(H,30,31). The molecule has 1 fully saturated rings. The molecule has 2 aromatic carbocycles. The van der Waals surface area contributed by atoms with E-state index in [1.54, 1.807) is 30.1 Å². The van der Waals surface area contributed by atoms with Crippen LogP contribution >= 0.6 is 0 Å². The van der Waals surface area contributed by atoms with Crippen LogP contribution in [0.25, 0.3) is 11.1 Å². The summed E-state index contributed by atoms with van der Waals surface area (Å²) in [7, 11) is 1.74. The van der Waals surface area contributed by atoms with Crippen molar-refractivity contribution in [3.63, 3.8) is 0 Å². The molecule has 0 unspecified atom stereocenters. The number of carboxylic acids is 1. The van der Waals surface area contributed by atoms with E-state index in [1.165, 1.54) is 37.5 Å². The molecule has 6 heteroatoms. The number of amides is 1. The van der Waals surface area contributed by atoms with Gasteiger partial charge in [0.05, 0.1) is 6.42 Å². The van der Waals surface area contributed by atoms with Crippen LogP contribution in [-0.2, 0) is 11.2 Å². The van der Waals surface area contributed by atoms with Crippen LogP contribution in [0.15, 0.2) is 49.1 Å². The Morgan fingerprint density at radius 1 is 1.09 bits per heavy atom. The second-order valence-electron chi connectivity index (χ2n) is 8.39. The maximum atomic E-state index is 14.0. The fourth-order valence-corrected chi connectivity index (χ4v) is 4.40. The van der Waals surface area contributed by atoms with Crippen molar-refractivity contribution < 1.29 is 23.9 Å². The highest BCUT2D eigenvalue weighted by atomic mass is 19.1. The second kappa shape index (κ2) is 10.4. The first-order valence-electron chi connectivity index (χ1n) is 10.9. The molecule has 1 saturated carbocycles. The Morgan fingerprint density at radius 2 is 1.78 bits per heavy atom. The summed E-state index contributed by atoms with van der Waals surface area (Å²) in [5.41, 5.74) is 1.70. The van der Waals surface area contributed by atoms with E-state index in [2.05, 4.69) is 6.58 Å². The molecule has 1 aliphatic carbocycles. The van der Waals surface area contributed by atoms with Crippen LogP contribution in [-0.4, -0.2) is 41.3 Å². The molecule has 32 heavy (non-hydrogen) atoms. The Labute approximate surface area is 187 Å². The van der Waals surface area contributed by atoms with Crippen molar-refractivity contribution in [2.24, 2.45) is 5.92 Å². The molecule has 168 valence electrons. The van der Waals surface area contributed by atoms with Crippen LogP contribution in [0.4, 0.5) is 4.39 Å². The molecule has 3 rings (SSSR count). The van der Waals surface area contributed by atoms with Gasteiger partial charge in [-0.15, -0.1) is 0 Å². The van der Waals surface area contributed by atoms with E-state index in [0.29, 0.717) is 34.7 Å². The fraction of sp³-hybridized carbons (Fsp3) is 0.346. The molecule has 0 heterocycles. The van der Waals surface area contributed by atoms with Crippen molar-refractivity contribution >= 4 is 17.7 Å². The minimum Gasteiger partial charge on any atom is -0.481 e. The van der Waals surface area contributed by atoms with E-state index in [9.17, 15) is 23.9 Å². The molecule has 1 N–H and O–H groups in total. The molecule has 0 saturated heterocycles. The highest BCUT2D eigenvalue weighted by Gasteiger charge is 2.23. The Hall–Kier alpha value is -3.28. The van der Waals surface area contributed by atoms with Crippen LogP contribution in [0.2, 0.25) is 0 Å². The average Bonchev–Trinajstić information content (AvgIpc) is 2.78. The molecule has 1 aliphatic rings. The number of benzene rings is 2. The normalized spacial score (nSPS) is 14.1. The van der Waals surface area contributed by atoms with Gasteiger partial charge in [0, 0.05) is 24.7 Å². The molecule has 0 spiro atoms.